The van der Waals surface area contributed by atoms with Gasteiger partial charge in [0.1, 0.15) is 17.0 Å². The summed E-state index contributed by atoms with van der Waals surface area (Å²) in [6.45, 7) is 7.08. The predicted molar refractivity (Wildman–Crippen MR) is 95.7 cm³/mol. The van der Waals surface area contributed by atoms with Gasteiger partial charge in [-0.1, -0.05) is 0 Å². The highest BCUT2D eigenvalue weighted by Crippen LogP contribution is 2.30. The first-order valence-electron chi connectivity index (χ1n) is 8.11. The van der Waals surface area contributed by atoms with Crippen molar-refractivity contribution >= 4 is 33.3 Å². The van der Waals surface area contributed by atoms with Crippen LogP contribution in [0.4, 0.5) is 5.82 Å². The molecule has 130 valence electrons. The Bertz CT molecular complexity index is 697. The molecule has 1 aliphatic rings. The van der Waals surface area contributed by atoms with Crippen LogP contribution < -0.4 is 10.2 Å². The van der Waals surface area contributed by atoms with Crippen molar-refractivity contribution in [1.82, 2.24) is 20.2 Å². The molecule has 0 saturated carbocycles. The van der Waals surface area contributed by atoms with E-state index in [2.05, 4.69) is 38.1 Å². The zero-order valence-electron chi connectivity index (χ0n) is 14.1. The second kappa shape index (κ2) is 7.87. The standard InChI is InChI=1S/C16H23N5O2S/c1-12-9-13-15(18-11-19-16(13)24-12)21-6-4-20(5-7-21)10-14(22)17-3-8-23-2/h9,11H,3-8,10H2,1-2H3,(H,17,22). The largest absolute Gasteiger partial charge is 0.383 e. The number of anilines is 1. The van der Waals surface area contributed by atoms with E-state index in [1.807, 2.05) is 0 Å². The van der Waals surface area contributed by atoms with Crippen LogP contribution in [0.3, 0.4) is 0 Å². The summed E-state index contributed by atoms with van der Waals surface area (Å²) in [7, 11) is 1.63. The number of aromatic nitrogens is 2. The van der Waals surface area contributed by atoms with Gasteiger partial charge in [-0.15, -0.1) is 11.3 Å². The van der Waals surface area contributed by atoms with Crippen molar-refractivity contribution < 1.29 is 9.53 Å². The predicted octanol–water partition coefficient (Wildman–Crippen LogP) is 0.884. The van der Waals surface area contributed by atoms with E-state index in [1.165, 1.54) is 4.88 Å². The van der Waals surface area contributed by atoms with Gasteiger partial charge >= 0.3 is 0 Å². The van der Waals surface area contributed by atoms with Crippen LogP contribution in [0.1, 0.15) is 4.88 Å². The van der Waals surface area contributed by atoms with Gasteiger partial charge in [0.25, 0.3) is 0 Å². The first kappa shape index (κ1) is 17.1. The normalized spacial score (nSPS) is 15.8. The van der Waals surface area contributed by atoms with Gasteiger partial charge in [-0.3, -0.25) is 9.69 Å². The van der Waals surface area contributed by atoms with Gasteiger partial charge in [-0.05, 0) is 13.0 Å². The minimum absolute atomic E-state index is 0.0541. The lowest BCUT2D eigenvalue weighted by atomic mass is 10.2. The van der Waals surface area contributed by atoms with Crippen LogP contribution >= 0.6 is 11.3 Å². The molecule has 7 nitrogen and oxygen atoms in total. The number of methoxy groups -OCH3 is 1. The van der Waals surface area contributed by atoms with Crippen LogP contribution in [-0.4, -0.2) is 73.8 Å². The molecule has 1 amide bonds. The molecule has 2 aromatic heterocycles. The summed E-state index contributed by atoms with van der Waals surface area (Å²) >= 11 is 1.70. The SMILES string of the molecule is COCCNC(=O)CN1CCN(c2ncnc3sc(C)cc23)CC1. The van der Waals surface area contributed by atoms with Crippen molar-refractivity contribution in [3.63, 3.8) is 0 Å². The van der Waals surface area contributed by atoms with Crippen molar-refractivity contribution in [3.8, 4) is 0 Å². The number of nitrogens with zero attached hydrogens (tertiary/aromatic N) is 4. The van der Waals surface area contributed by atoms with E-state index < -0.39 is 0 Å². The summed E-state index contributed by atoms with van der Waals surface area (Å²) in [4.78, 5) is 27.5. The van der Waals surface area contributed by atoms with E-state index in [1.54, 1.807) is 24.8 Å². The lowest BCUT2D eigenvalue weighted by Gasteiger charge is -2.35. The maximum atomic E-state index is 11.9. The van der Waals surface area contributed by atoms with Crippen molar-refractivity contribution in [2.24, 2.45) is 0 Å². The molecule has 0 aliphatic carbocycles. The van der Waals surface area contributed by atoms with Crippen LogP contribution in [0.2, 0.25) is 0 Å². The highest BCUT2D eigenvalue weighted by molar-refractivity contribution is 7.18. The Morgan fingerprint density at radius 3 is 2.88 bits per heavy atom. The lowest BCUT2D eigenvalue weighted by molar-refractivity contribution is -0.122. The number of fused-ring (bicyclic) bond motifs is 1. The number of hydrogen-bond donors (Lipinski definition) is 1. The molecule has 3 heterocycles. The minimum atomic E-state index is 0.0541. The summed E-state index contributed by atoms with van der Waals surface area (Å²) in [5, 5.41) is 3.99. The van der Waals surface area contributed by atoms with E-state index in [0.717, 1.165) is 42.2 Å². The number of carbonyl (C=O) groups is 1. The van der Waals surface area contributed by atoms with Gasteiger partial charge in [0.2, 0.25) is 5.91 Å². The molecule has 2 aromatic rings. The lowest BCUT2D eigenvalue weighted by Crippen LogP contribution is -2.50. The number of hydrogen-bond acceptors (Lipinski definition) is 7. The fourth-order valence-corrected chi connectivity index (χ4v) is 3.73. The number of amides is 1. The van der Waals surface area contributed by atoms with Crippen LogP contribution in [-0.2, 0) is 9.53 Å². The number of thiophene rings is 1. The molecule has 0 atom stereocenters. The average molecular weight is 349 g/mol. The Morgan fingerprint density at radius 1 is 1.33 bits per heavy atom. The van der Waals surface area contributed by atoms with Gasteiger partial charge in [0.15, 0.2) is 0 Å². The van der Waals surface area contributed by atoms with Crippen molar-refractivity contribution in [2.75, 3.05) is 57.9 Å². The number of rotatable bonds is 6. The number of nitrogens with one attached hydrogen (secondary N) is 1. The second-order valence-corrected chi connectivity index (χ2v) is 7.11. The number of ether oxygens (including phenoxy) is 1. The van der Waals surface area contributed by atoms with Crippen LogP contribution in [0.5, 0.6) is 0 Å². The van der Waals surface area contributed by atoms with Crippen LogP contribution in [0, 0.1) is 6.92 Å². The molecule has 1 aliphatic heterocycles. The maximum Gasteiger partial charge on any atom is 0.234 e. The second-order valence-electron chi connectivity index (χ2n) is 5.88. The Labute approximate surface area is 145 Å². The van der Waals surface area contributed by atoms with Crippen LogP contribution in [0.15, 0.2) is 12.4 Å². The summed E-state index contributed by atoms with van der Waals surface area (Å²) in [5.74, 6) is 1.06. The van der Waals surface area contributed by atoms with E-state index in [9.17, 15) is 4.79 Å². The molecule has 0 radical (unpaired) electrons. The summed E-state index contributed by atoms with van der Waals surface area (Å²) in [6, 6.07) is 2.16. The number of aryl methyl sites for hydroxylation is 1. The van der Waals surface area contributed by atoms with Crippen molar-refractivity contribution in [3.05, 3.63) is 17.3 Å². The summed E-state index contributed by atoms with van der Waals surface area (Å²) in [6.07, 6.45) is 1.64. The minimum Gasteiger partial charge on any atom is -0.383 e. The molecule has 0 aromatic carbocycles. The molecule has 8 heteroatoms. The van der Waals surface area contributed by atoms with Crippen molar-refractivity contribution in [1.29, 1.82) is 0 Å². The highest BCUT2D eigenvalue weighted by Gasteiger charge is 2.21. The molecule has 24 heavy (non-hydrogen) atoms. The van der Waals surface area contributed by atoms with E-state index in [0.29, 0.717) is 19.7 Å². The Morgan fingerprint density at radius 2 is 2.12 bits per heavy atom. The molecule has 0 unspecified atom stereocenters. The fraction of sp³-hybridized carbons (Fsp3) is 0.562. The summed E-state index contributed by atoms with van der Waals surface area (Å²) < 4.78 is 4.94. The van der Waals surface area contributed by atoms with Gasteiger partial charge in [0, 0.05) is 44.7 Å². The van der Waals surface area contributed by atoms with Gasteiger partial charge in [-0.25, -0.2) is 9.97 Å². The van der Waals surface area contributed by atoms with Gasteiger partial charge in [-0.2, -0.15) is 0 Å². The van der Waals surface area contributed by atoms with E-state index in [4.69, 9.17) is 4.74 Å². The Kier molecular flexibility index (Phi) is 5.60. The monoisotopic (exact) mass is 349 g/mol. The first-order chi connectivity index (χ1) is 11.7. The zero-order chi connectivity index (χ0) is 16.9. The molecular formula is C16H23N5O2S. The molecule has 1 fully saturated rings. The third-order valence-electron chi connectivity index (χ3n) is 4.10. The van der Waals surface area contributed by atoms with E-state index >= 15 is 0 Å². The fourth-order valence-electron chi connectivity index (χ4n) is 2.88. The first-order valence-corrected chi connectivity index (χ1v) is 8.93. The molecular weight excluding hydrogens is 326 g/mol. The van der Waals surface area contributed by atoms with Crippen LogP contribution in [0.25, 0.3) is 10.2 Å². The highest BCUT2D eigenvalue weighted by atomic mass is 32.1. The molecule has 0 spiro atoms. The Balaban J connectivity index is 1.56. The molecule has 3 rings (SSSR count). The quantitative estimate of drug-likeness (QED) is 0.781. The molecule has 1 saturated heterocycles. The van der Waals surface area contributed by atoms with Gasteiger partial charge < -0.3 is 15.0 Å². The third kappa shape index (κ3) is 4.00. The molecule has 1 N–H and O–H groups in total. The Hall–Kier alpha value is -1.77. The maximum absolute atomic E-state index is 11.9. The van der Waals surface area contributed by atoms with E-state index in [-0.39, 0.29) is 5.91 Å². The topological polar surface area (TPSA) is 70.6 Å². The van der Waals surface area contributed by atoms with Crippen molar-refractivity contribution in [2.45, 2.75) is 6.92 Å². The molecule has 0 bridgehead atoms. The number of piperazine rings is 1. The summed E-state index contributed by atoms with van der Waals surface area (Å²) in [5.41, 5.74) is 0. The van der Waals surface area contributed by atoms with Gasteiger partial charge in [0.05, 0.1) is 18.5 Å². The number of carbonyl (C=O) groups excluding carboxylic acids is 1. The smallest absolute Gasteiger partial charge is 0.234 e. The zero-order valence-corrected chi connectivity index (χ0v) is 14.9. The average Bonchev–Trinajstić information content (AvgIpc) is 2.96. The third-order valence-corrected chi connectivity index (χ3v) is 5.06.